The molecule has 2 aromatic carbocycles. The molecule has 0 saturated carbocycles. The lowest BCUT2D eigenvalue weighted by Crippen LogP contribution is -2.18. The number of rotatable bonds is 4. The van der Waals surface area contributed by atoms with Crippen molar-refractivity contribution in [1.82, 2.24) is 15.1 Å². The maximum atomic E-state index is 5.92. The molecule has 0 aliphatic heterocycles. The van der Waals surface area contributed by atoms with Gasteiger partial charge in [0.05, 0.1) is 11.2 Å². The van der Waals surface area contributed by atoms with Crippen molar-refractivity contribution in [3.05, 3.63) is 64.8 Å². The second-order valence-corrected chi connectivity index (χ2v) is 5.68. The Balaban J connectivity index is 1.76. The highest BCUT2D eigenvalue weighted by Gasteiger charge is 2.10. The van der Waals surface area contributed by atoms with Gasteiger partial charge < -0.3 is 5.32 Å². The zero-order chi connectivity index (χ0) is 14.8. The van der Waals surface area contributed by atoms with Crippen LogP contribution in [0.4, 0.5) is 0 Å². The molecule has 0 radical (unpaired) electrons. The summed E-state index contributed by atoms with van der Waals surface area (Å²) < 4.78 is 1.93. The Hall–Kier alpha value is -1.84. The lowest BCUT2D eigenvalue weighted by molar-refractivity contribution is 0.564. The van der Waals surface area contributed by atoms with Crippen molar-refractivity contribution in [2.24, 2.45) is 7.05 Å². The molecular weight excluding hydrogens is 282 g/mol. The van der Waals surface area contributed by atoms with E-state index in [4.69, 9.17) is 11.6 Å². The molecule has 4 heteroatoms. The molecule has 3 rings (SSSR count). The molecule has 108 valence electrons. The number of hydrogen-bond acceptors (Lipinski definition) is 2. The van der Waals surface area contributed by atoms with Crippen molar-refractivity contribution in [3.63, 3.8) is 0 Å². The minimum absolute atomic E-state index is 0.253. The van der Waals surface area contributed by atoms with E-state index < -0.39 is 0 Å². The van der Waals surface area contributed by atoms with Gasteiger partial charge in [0.1, 0.15) is 0 Å². The largest absolute Gasteiger partial charge is 0.304 e. The molecule has 0 fully saturated rings. The molecule has 1 atom stereocenters. The molecule has 1 N–H and O–H groups in total. The number of nitrogens with zero attached hydrogens (tertiary/aromatic N) is 2. The number of para-hydroxylation sites is 1. The third kappa shape index (κ3) is 2.94. The van der Waals surface area contributed by atoms with Crippen LogP contribution in [0, 0.1) is 0 Å². The summed E-state index contributed by atoms with van der Waals surface area (Å²) >= 11 is 5.92. The van der Waals surface area contributed by atoms with E-state index >= 15 is 0 Å². The monoisotopic (exact) mass is 299 g/mol. The van der Waals surface area contributed by atoms with Gasteiger partial charge in [0, 0.05) is 30.0 Å². The molecule has 0 aliphatic carbocycles. The lowest BCUT2D eigenvalue weighted by Gasteiger charge is -2.13. The van der Waals surface area contributed by atoms with Crippen LogP contribution in [-0.4, -0.2) is 9.78 Å². The average molecular weight is 300 g/mol. The second-order valence-electron chi connectivity index (χ2n) is 5.24. The Labute approximate surface area is 129 Å². The third-order valence-electron chi connectivity index (χ3n) is 3.78. The van der Waals surface area contributed by atoms with Gasteiger partial charge in [-0.2, -0.15) is 5.10 Å². The van der Waals surface area contributed by atoms with Crippen molar-refractivity contribution < 1.29 is 0 Å². The molecule has 1 aromatic heterocycles. The number of benzene rings is 2. The van der Waals surface area contributed by atoms with E-state index in [0.717, 1.165) is 22.8 Å². The molecular formula is C17H18ClN3. The van der Waals surface area contributed by atoms with E-state index in [1.54, 1.807) is 0 Å². The van der Waals surface area contributed by atoms with Gasteiger partial charge in [0.2, 0.25) is 0 Å². The van der Waals surface area contributed by atoms with Gasteiger partial charge >= 0.3 is 0 Å². The van der Waals surface area contributed by atoms with Crippen LogP contribution in [0.25, 0.3) is 10.9 Å². The SMILES string of the molecule is CC(NCc1nn(C)c2ccccc12)c1ccc(Cl)cc1. The molecule has 0 amide bonds. The normalized spacial score (nSPS) is 12.7. The lowest BCUT2D eigenvalue weighted by atomic mass is 10.1. The molecule has 0 saturated heterocycles. The van der Waals surface area contributed by atoms with E-state index in [2.05, 4.69) is 47.7 Å². The maximum Gasteiger partial charge on any atom is 0.0841 e. The van der Waals surface area contributed by atoms with Gasteiger partial charge in [-0.1, -0.05) is 41.9 Å². The summed E-state index contributed by atoms with van der Waals surface area (Å²) in [4.78, 5) is 0. The van der Waals surface area contributed by atoms with Gasteiger partial charge in [0.25, 0.3) is 0 Å². The van der Waals surface area contributed by atoms with Crippen molar-refractivity contribution in [1.29, 1.82) is 0 Å². The van der Waals surface area contributed by atoms with Gasteiger partial charge in [-0.05, 0) is 30.7 Å². The van der Waals surface area contributed by atoms with E-state index in [0.29, 0.717) is 0 Å². The highest BCUT2D eigenvalue weighted by molar-refractivity contribution is 6.30. The molecule has 3 aromatic rings. The summed E-state index contributed by atoms with van der Waals surface area (Å²) in [5.41, 5.74) is 3.46. The Kier molecular flexibility index (Phi) is 3.95. The standard InChI is InChI=1S/C17H18ClN3/c1-12(13-7-9-14(18)10-8-13)19-11-16-15-5-3-4-6-17(15)21(2)20-16/h3-10,12,19H,11H2,1-2H3. The molecule has 3 nitrogen and oxygen atoms in total. The van der Waals surface area contributed by atoms with Gasteiger partial charge in [0.15, 0.2) is 0 Å². The number of aromatic nitrogens is 2. The van der Waals surface area contributed by atoms with Gasteiger partial charge in [-0.15, -0.1) is 0 Å². The summed E-state index contributed by atoms with van der Waals surface area (Å²) in [6.07, 6.45) is 0. The first-order valence-corrected chi connectivity index (χ1v) is 7.42. The van der Waals surface area contributed by atoms with Crippen LogP contribution in [-0.2, 0) is 13.6 Å². The predicted molar refractivity (Wildman–Crippen MR) is 87.4 cm³/mol. The Bertz CT molecular complexity index is 746. The summed E-state index contributed by atoms with van der Waals surface area (Å²) in [6, 6.07) is 16.5. The number of halogens is 1. The minimum atomic E-state index is 0.253. The van der Waals surface area contributed by atoms with Crippen LogP contribution in [0.1, 0.15) is 24.2 Å². The molecule has 0 spiro atoms. The van der Waals surface area contributed by atoms with Crippen molar-refractivity contribution >= 4 is 22.5 Å². The smallest absolute Gasteiger partial charge is 0.0841 e. The van der Waals surface area contributed by atoms with Crippen LogP contribution in [0.2, 0.25) is 5.02 Å². The number of hydrogen-bond donors (Lipinski definition) is 1. The summed E-state index contributed by atoms with van der Waals surface area (Å²) in [7, 11) is 1.98. The topological polar surface area (TPSA) is 29.9 Å². The Morgan fingerprint density at radius 1 is 1.14 bits per heavy atom. The number of aryl methyl sites for hydroxylation is 1. The maximum absolute atomic E-state index is 5.92. The van der Waals surface area contributed by atoms with E-state index in [1.807, 2.05) is 29.9 Å². The Morgan fingerprint density at radius 2 is 1.86 bits per heavy atom. The van der Waals surface area contributed by atoms with E-state index in [-0.39, 0.29) is 6.04 Å². The fourth-order valence-corrected chi connectivity index (χ4v) is 2.66. The first-order chi connectivity index (χ1) is 10.1. The summed E-state index contributed by atoms with van der Waals surface area (Å²) in [5, 5.41) is 10.1. The minimum Gasteiger partial charge on any atom is -0.304 e. The fraction of sp³-hybridized carbons (Fsp3) is 0.235. The molecule has 1 unspecified atom stereocenters. The van der Waals surface area contributed by atoms with E-state index in [9.17, 15) is 0 Å². The zero-order valence-corrected chi connectivity index (χ0v) is 12.9. The average Bonchev–Trinajstić information content (AvgIpc) is 2.83. The fourth-order valence-electron chi connectivity index (χ4n) is 2.54. The third-order valence-corrected chi connectivity index (χ3v) is 4.03. The van der Waals surface area contributed by atoms with Gasteiger partial charge in [-0.3, -0.25) is 4.68 Å². The molecule has 0 bridgehead atoms. The van der Waals surface area contributed by atoms with Crippen molar-refractivity contribution in [3.8, 4) is 0 Å². The molecule has 0 aliphatic rings. The van der Waals surface area contributed by atoms with Crippen LogP contribution < -0.4 is 5.32 Å². The Morgan fingerprint density at radius 3 is 2.62 bits per heavy atom. The first-order valence-electron chi connectivity index (χ1n) is 7.04. The second kappa shape index (κ2) is 5.88. The molecule has 21 heavy (non-hydrogen) atoms. The van der Waals surface area contributed by atoms with Gasteiger partial charge in [-0.25, -0.2) is 0 Å². The van der Waals surface area contributed by atoms with E-state index in [1.165, 1.54) is 10.9 Å². The van der Waals surface area contributed by atoms with Crippen LogP contribution >= 0.6 is 11.6 Å². The van der Waals surface area contributed by atoms with Crippen LogP contribution in [0.3, 0.4) is 0 Å². The van der Waals surface area contributed by atoms with Crippen LogP contribution in [0.15, 0.2) is 48.5 Å². The van der Waals surface area contributed by atoms with Crippen molar-refractivity contribution in [2.45, 2.75) is 19.5 Å². The quantitative estimate of drug-likeness (QED) is 0.787. The molecule has 1 heterocycles. The highest BCUT2D eigenvalue weighted by Crippen LogP contribution is 2.20. The van der Waals surface area contributed by atoms with Crippen molar-refractivity contribution in [2.75, 3.05) is 0 Å². The predicted octanol–water partition coefficient (Wildman–Crippen LogP) is 4.08. The highest BCUT2D eigenvalue weighted by atomic mass is 35.5. The number of fused-ring (bicyclic) bond motifs is 1. The summed E-state index contributed by atoms with van der Waals surface area (Å²) in [6.45, 7) is 2.89. The summed E-state index contributed by atoms with van der Waals surface area (Å²) in [5.74, 6) is 0. The number of nitrogens with one attached hydrogen (secondary N) is 1. The zero-order valence-electron chi connectivity index (χ0n) is 12.2. The first kappa shape index (κ1) is 14.1. The van der Waals surface area contributed by atoms with Crippen LogP contribution in [0.5, 0.6) is 0 Å².